The predicted molar refractivity (Wildman–Crippen MR) is 70.3 cm³/mol. The Morgan fingerprint density at radius 2 is 2.17 bits per heavy atom. The maximum absolute atomic E-state index is 6.00. The Morgan fingerprint density at radius 3 is 2.78 bits per heavy atom. The number of nitrogens with two attached hydrogens (primary N) is 1. The van der Waals surface area contributed by atoms with Gasteiger partial charge >= 0.3 is 0 Å². The molecule has 5 nitrogen and oxygen atoms in total. The van der Waals surface area contributed by atoms with Crippen molar-refractivity contribution < 1.29 is 4.52 Å². The number of thiazole rings is 1. The molecular weight excluding hydrogens is 248 g/mol. The number of hydrogen-bond donors (Lipinski definition) is 1. The quantitative estimate of drug-likeness (QED) is 0.899. The molecule has 0 unspecified atom stereocenters. The van der Waals surface area contributed by atoms with Gasteiger partial charge in [-0.05, 0) is 19.3 Å². The van der Waals surface area contributed by atoms with Gasteiger partial charge in [0.1, 0.15) is 0 Å². The van der Waals surface area contributed by atoms with Crippen LogP contribution in [0.1, 0.15) is 48.7 Å². The van der Waals surface area contributed by atoms with E-state index in [0.717, 1.165) is 17.1 Å². The Morgan fingerprint density at radius 1 is 1.39 bits per heavy atom. The highest BCUT2D eigenvalue weighted by Crippen LogP contribution is 2.18. The van der Waals surface area contributed by atoms with Gasteiger partial charge in [-0.15, -0.1) is 11.3 Å². The van der Waals surface area contributed by atoms with E-state index in [1.165, 1.54) is 0 Å². The van der Waals surface area contributed by atoms with E-state index < -0.39 is 0 Å². The van der Waals surface area contributed by atoms with Crippen molar-refractivity contribution >= 4 is 11.3 Å². The first-order valence-corrected chi connectivity index (χ1v) is 6.91. The summed E-state index contributed by atoms with van der Waals surface area (Å²) in [4.78, 5) is 8.70. The lowest BCUT2D eigenvalue weighted by Gasteiger charge is -2.08. The molecule has 0 aromatic carbocycles. The molecule has 0 amide bonds. The number of rotatable bonds is 5. The SMILES string of the molecule is Cc1nc(Cc2noc([C@H](N)CC(C)C)n2)cs1. The van der Waals surface area contributed by atoms with Gasteiger partial charge < -0.3 is 10.3 Å². The average Bonchev–Trinajstić information content (AvgIpc) is 2.87. The molecule has 0 aliphatic rings. The summed E-state index contributed by atoms with van der Waals surface area (Å²) in [6.07, 6.45) is 1.44. The van der Waals surface area contributed by atoms with Crippen LogP contribution in [0.15, 0.2) is 9.90 Å². The summed E-state index contributed by atoms with van der Waals surface area (Å²) in [6, 6.07) is -0.177. The van der Waals surface area contributed by atoms with Crippen LogP contribution in [-0.4, -0.2) is 15.1 Å². The van der Waals surface area contributed by atoms with Gasteiger partial charge in [-0.2, -0.15) is 4.98 Å². The van der Waals surface area contributed by atoms with Crippen molar-refractivity contribution in [2.24, 2.45) is 11.7 Å². The molecule has 98 valence electrons. The molecule has 18 heavy (non-hydrogen) atoms. The fourth-order valence-corrected chi connectivity index (χ4v) is 2.36. The molecule has 0 aliphatic carbocycles. The second-order valence-electron chi connectivity index (χ2n) is 4.82. The largest absolute Gasteiger partial charge is 0.338 e. The van der Waals surface area contributed by atoms with Crippen molar-refractivity contribution in [3.63, 3.8) is 0 Å². The van der Waals surface area contributed by atoms with Crippen LogP contribution in [0.5, 0.6) is 0 Å². The maximum Gasteiger partial charge on any atom is 0.243 e. The molecule has 6 heteroatoms. The maximum atomic E-state index is 6.00. The van der Waals surface area contributed by atoms with Gasteiger partial charge in [-0.25, -0.2) is 4.98 Å². The van der Waals surface area contributed by atoms with Gasteiger partial charge in [0, 0.05) is 5.38 Å². The normalized spacial score (nSPS) is 13.2. The third-order valence-corrected chi connectivity index (χ3v) is 3.35. The lowest BCUT2D eigenvalue weighted by Crippen LogP contribution is -2.13. The molecule has 0 fully saturated rings. The highest BCUT2D eigenvalue weighted by molar-refractivity contribution is 7.09. The Balaban J connectivity index is 2.01. The molecular formula is C12H18N4OS. The van der Waals surface area contributed by atoms with Crippen LogP contribution in [0.2, 0.25) is 0 Å². The smallest absolute Gasteiger partial charge is 0.243 e. The molecule has 0 saturated carbocycles. The number of aryl methyl sites for hydroxylation is 1. The monoisotopic (exact) mass is 266 g/mol. The first kappa shape index (κ1) is 13.2. The summed E-state index contributed by atoms with van der Waals surface area (Å²) >= 11 is 1.62. The van der Waals surface area contributed by atoms with Crippen molar-refractivity contribution in [3.8, 4) is 0 Å². The first-order chi connectivity index (χ1) is 8.54. The molecule has 2 rings (SSSR count). The second-order valence-corrected chi connectivity index (χ2v) is 5.88. The minimum absolute atomic E-state index is 0.177. The summed E-state index contributed by atoms with van der Waals surface area (Å²) in [6.45, 7) is 6.22. The first-order valence-electron chi connectivity index (χ1n) is 6.03. The fourth-order valence-electron chi connectivity index (χ4n) is 1.75. The van der Waals surface area contributed by atoms with Gasteiger partial charge in [0.25, 0.3) is 0 Å². The molecule has 2 aromatic heterocycles. The molecule has 0 spiro atoms. The van der Waals surface area contributed by atoms with E-state index in [0.29, 0.717) is 24.1 Å². The molecule has 0 aliphatic heterocycles. The summed E-state index contributed by atoms with van der Waals surface area (Å²) in [5.74, 6) is 1.68. The zero-order chi connectivity index (χ0) is 13.1. The summed E-state index contributed by atoms with van der Waals surface area (Å²) in [5.41, 5.74) is 6.97. The van der Waals surface area contributed by atoms with Crippen molar-refractivity contribution in [1.29, 1.82) is 0 Å². The Labute approximate surface area is 110 Å². The van der Waals surface area contributed by atoms with Gasteiger partial charge in [0.05, 0.1) is 23.2 Å². The molecule has 0 saturated heterocycles. The highest BCUT2D eigenvalue weighted by Gasteiger charge is 2.16. The van der Waals surface area contributed by atoms with Crippen LogP contribution in [0, 0.1) is 12.8 Å². The lowest BCUT2D eigenvalue weighted by molar-refractivity contribution is 0.333. The minimum atomic E-state index is -0.177. The van der Waals surface area contributed by atoms with E-state index >= 15 is 0 Å². The number of nitrogens with zero attached hydrogens (tertiary/aromatic N) is 3. The predicted octanol–water partition coefficient (Wildman–Crippen LogP) is 2.47. The van der Waals surface area contributed by atoms with E-state index in [9.17, 15) is 0 Å². The van der Waals surface area contributed by atoms with Crippen LogP contribution in [0.3, 0.4) is 0 Å². The summed E-state index contributed by atoms with van der Waals surface area (Å²) in [5, 5.41) is 7.01. The van der Waals surface area contributed by atoms with Crippen molar-refractivity contribution in [2.75, 3.05) is 0 Å². The van der Waals surface area contributed by atoms with E-state index in [1.54, 1.807) is 11.3 Å². The molecule has 1 atom stereocenters. The van der Waals surface area contributed by atoms with Crippen LogP contribution in [0.25, 0.3) is 0 Å². The van der Waals surface area contributed by atoms with E-state index in [1.807, 2.05) is 12.3 Å². The van der Waals surface area contributed by atoms with E-state index in [2.05, 4.69) is 29.0 Å². The summed E-state index contributed by atoms with van der Waals surface area (Å²) < 4.78 is 5.20. The average molecular weight is 266 g/mol. The van der Waals surface area contributed by atoms with Crippen LogP contribution in [-0.2, 0) is 6.42 Å². The highest BCUT2D eigenvalue weighted by atomic mass is 32.1. The fraction of sp³-hybridized carbons (Fsp3) is 0.583. The zero-order valence-electron chi connectivity index (χ0n) is 10.9. The Kier molecular flexibility index (Phi) is 4.08. The van der Waals surface area contributed by atoms with Crippen molar-refractivity contribution in [1.82, 2.24) is 15.1 Å². The minimum Gasteiger partial charge on any atom is -0.338 e. The summed E-state index contributed by atoms with van der Waals surface area (Å²) in [7, 11) is 0. The molecule has 2 aromatic rings. The lowest BCUT2D eigenvalue weighted by atomic mass is 10.0. The van der Waals surface area contributed by atoms with E-state index in [-0.39, 0.29) is 6.04 Å². The third-order valence-electron chi connectivity index (χ3n) is 2.53. The Hall–Kier alpha value is -1.27. The van der Waals surface area contributed by atoms with Crippen molar-refractivity contribution in [2.45, 2.75) is 39.7 Å². The number of aromatic nitrogens is 3. The van der Waals surface area contributed by atoms with E-state index in [4.69, 9.17) is 10.3 Å². The molecule has 0 bridgehead atoms. The zero-order valence-corrected chi connectivity index (χ0v) is 11.7. The second kappa shape index (κ2) is 5.58. The van der Waals surface area contributed by atoms with Gasteiger partial charge in [0.15, 0.2) is 5.82 Å². The van der Waals surface area contributed by atoms with Crippen molar-refractivity contribution in [3.05, 3.63) is 27.8 Å². The van der Waals surface area contributed by atoms with Gasteiger partial charge in [-0.1, -0.05) is 19.0 Å². The van der Waals surface area contributed by atoms with Crippen LogP contribution < -0.4 is 5.73 Å². The molecule has 2 heterocycles. The topological polar surface area (TPSA) is 77.8 Å². The third kappa shape index (κ3) is 3.36. The van der Waals surface area contributed by atoms with Gasteiger partial charge in [-0.3, -0.25) is 0 Å². The molecule has 0 radical (unpaired) electrons. The van der Waals surface area contributed by atoms with Crippen LogP contribution >= 0.6 is 11.3 Å². The Bertz CT molecular complexity index is 506. The number of hydrogen-bond acceptors (Lipinski definition) is 6. The van der Waals surface area contributed by atoms with Crippen LogP contribution in [0.4, 0.5) is 0 Å². The standard InChI is InChI=1S/C12H18N4OS/c1-7(2)4-10(13)12-15-11(16-17-12)5-9-6-18-8(3)14-9/h6-7,10H,4-5,13H2,1-3H3/t10-/m1/s1. The van der Waals surface area contributed by atoms with Gasteiger partial charge in [0.2, 0.25) is 5.89 Å². The molecule has 2 N–H and O–H groups in total.